The normalized spacial score (nSPS) is 11.7. The molecule has 0 spiro atoms. The molecule has 1 aromatic carbocycles. The maximum Gasteiger partial charge on any atom is 0.332 e. The molecule has 1 N–H and O–H groups in total. The molecule has 0 bridgehead atoms. The second-order valence-corrected chi connectivity index (χ2v) is 6.65. The number of hydrogen-bond acceptors (Lipinski definition) is 6. The first-order valence-corrected chi connectivity index (χ1v) is 8.83. The predicted octanol–water partition coefficient (Wildman–Crippen LogP) is 0.617. The lowest BCUT2D eigenvalue weighted by Crippen LogP contribution is -2.38. The number of rotatable bonds is 4. The average molecular weight is 398 g/mol. The van der Waals surface area contributed by atoms with Gasteiger partial charge in [0.15, 0.2) is 11.2 Å². The van der Waals surface area contributed by atoms with Gasteiger partial charge in [0.05, 0.1) is 19.1 Å². The topological polar surface area (TPSA) is 113 Å². The van der Waals surface area contributed by atoms with Gasteiger partial charge in [-0.1, -0.05) is 0 Å². The summed E-state index contributed by atoms with van der Waals surface area (Å²) in [4.78, 5) is 45.4. The van der Waals surface area contributed by atoms with E-state index in [1.54, 1.807) is 26.2 Å². The number of aliphatic imine (C=N–C) groups is 1. The third-order valence-electron chi connectivity index (χ3n) is 4.54. The largest absolute Gasteiger partial charge is 0.497 e. The van der Waals surface area contributed by atoms with Crippen LogP contribution in [0.2, 0.25) is 0 Å². The molecule has 0 radical (unpaired) electrons. The van der Waals surface area contributed by atoms with Crippen molar-refractivity contribution in [1.29, 1.82) is 0 Å². The van der Waals surface area contributed by atoms with Gasteiger partial charge in [-0.2, -0.15) is 0 Å². The molecule has 0 unspecified atom stereocenters. The molecule has 10 nitrogen and oxygen atoms in total. The molecule has 3 aromatic rings. The lowest BCUT2D eigenvalue weighted by Gasteiger charge is -2.09. The first kappa shape index (κ1) is 20.1. The average Bonchev–Trinajstić information content (AvgIpc) is 3.09. The van der Waals surface area contributed by atoms with Gasteiger partial charge in [0, 0.05) is 14.1 Å². The number of amides is 1. The van der Waals surface area contributed by atoms with Crippen molar-refractivity contribution in [2.45, 2.75) is 20.4 Å². The third-order valence-corrected chi connectivity index (χ3v) is 4.54. The molecular formula is C19H22N6O4. The lowest BCUT2D eigenvalue weighted by atomic mass is 10.2. The Bertz CT molecular complexity index is 1250. The number of nitrogens with zero attached hydrogens (tertiary/aromatic N) is 5. The smallest absolute Gasteiger partial charge is 0.332 e. The van der Waals surface area contributed by atoms with Gasteiger partial charge in [-0.25, -0.2) is 14.8 Å². The van der Waals surface area contributed by atoms with Crippen molar-refractivity contribution in [2.75, 3.05) is 7.11 Å². The number of aromatic nitrogens is 4. The number of benzene rings is 1. The number of fused-ring (bicyclic) bond motifs is 1. The fourth-order valence-electron chi connectivity index (χ4n) is 3.00. The van der Waals surface area contributed by atoms with Gasteiger partial charge in [0.1, 0.15) is 18.1 Å². The highest BCUT2D eigenvalue weighted by Crippen LogP contribution is 2.23. The maximum atomic E-state index is 12.5. The van der Waals surface area contributed by atoms with E-state index in [0.717, 1.165) is 15.9 Å². The summed E-state index contributed by atoms with van der Waals surface area (Å²) in [6.07, 6.45) is 1.37. The van der Waals surface area contributed by atoms with Crippen LogP contribution in [0.15, 0.2) is 39.1 Å². The first-order valence-electron chi connectivity index (χ1n) is 8.83. The fourth-order valence-corrected chi connectivity index (χ4v) is 3.00. The minimum atomic E-state index is -0.507. The minimum Gasteiger partial charge on any atom is -0.497 e. The number of nitrogens with one attached hydrogen (secondary N) is 1. The van der Waals surface area contributed by atoms with Crippen molar-refractivity contribution in [3.63, 3.8) is 0 Å². The maximum absolute atomic E-state index is 12.5. The molecule has 3 rings (SSSR count). The van der Waals surface area contributed by atoms with Crippen molar-refractivity contribution in [3.8, 4) is 5.75 Å². The Morgan fingerprint density at radius 1 is 1.24 bits per heavy atom. The summed E-state index contributed by atoms with van der Waals surface area (Å²) in [6.45, 7) is 3.43. The Balaban J connectivity index is 1.83. The fraction of sp³-hybridized carbons (Fsp3) is 0.316. The number of hydrogen-bond donors (Lipinski definition) is 1. The van der Waals surface area contributed by atoms with Crippen LogP contribution in [0.1, 0.15) is 12.5 Å². The van der Waals surface area contributed by atoms with E-state index in [1.807, 2.05) is 13.0 Å². The summed E-state index contributed by atoms with van der Waals surface area (Å²) in [6, 6.07) is 5.45. The standard InChI is InChI=1S/C19H22N6O4/c1-11-8-13(29-5)6-7-14(11)21-12(2)22-15(26)9-25-10-20-17-16(25)18(27)24(4)19(28)23(17)3/h6-8,10H,9H2,1-5H3,(H,21,22,26). The molecule has 1 amide bonds. The molecule has 10 heteroatoms. The highest BCUT2D eigenvalue weighted by atomic mass is 16.5. The van der Waals surface area contributed by atoms with E-state index in [0.29, 0.717) is 11.5 Å². The van der Waals surface area contributed by atoms with E-state index in [2.05, 4.69) is 15.3 Å². The van der Waals surface area contributed by atoms with Crippen molar-refractivity contribution < 1.29 is 9.53 Å². The summed E-state index contributed by atoms with van der Waals surface area (Å²) in [7, 11) is 4.50. The lowest BCUT2D eigenvalue weighted by molar-refractivity contribution is -0.120. The minimum absolute atomic E-state index is 0.140. The Labute approximate surface area is 166 Å². The highest BCUT2D eigenvalue weighted by molar-refractivity contribution is 5.98. The molecule has 152 valence electrons. The van der Waals surface area contributed by atoms with Crippen molar-refractivity contribution in [2.24, 2.45) is 19.1 Å². The summed E-state index contributed by atoms with van der Waals surface area (Å²) in [5.74, 6) is 0.770. The Morgan fingerprint density at radius 2 is 1.97 bits per heavy atom. The Kier molecular flexibility index (Phi) is 5.35. The zero-order valence-electron chi connectivity index (χ0n) is 16.9. The SMILES string of the molecule is COc1ccc(N=C(C)NC(=O)Cn2cnc3c2c(=O)n(C)c(=O)n3C)c(C)c1. The monoisotopic (exact) mass is 398 g/mol. The van der Waals surface area contributed by atoms with Gasteiger partial charge >= 0.3 is 5.69 Å². The highest BCUT2D eigenvalue weighted by Gasteiger charge is 2.16. The van der Waals surface area contributed by atoms with Crippen LogP contribution in [0, 0.1) is 6.92 Å². The quantitative estimate of drug-likeness (QED) is 0.511. The number of methoxy groups -OCH3 is 1. The number of imidazole rings is 1. The van der Waals surface area contributed by atoms with Crippen LogP contribution in [-0.2, 0) is 25.4 Å². The van der Waals surface area contributed by atoms with Crippen molar-refractivity contribution in [3.05, 3.63) is 50.9 Å². The van der Waals surface area contributed by atoms with Crippen molar-refractivity contribution >= 4 is 28.6 Å². The van der Waals surface area contributed by atoms with E-state index in [4.69, 9.17) is 4.74 Å². The van der Waals surface area contributed by atoms with E-state index < -0.39 is 11.2 Å². The summed E-state index contributed by atoms with van der Waals surface area (Å²) in [5, 5.41) is 2.70. The Hall–Kier alpha value is -3.69. The van der Waals surface area contributed by atoms with E-state index in [-0.39, 0.29) is 23.6 Å². The number of aryl methyl sites for hydroxylation is 2. The van der Waals surface area contributed by atoms with E-state index in [1.165, 1.54) is 29.6 Å². The third kappa shape index (κ3) is 3.82. The van der Waals surface area contributed by atoms with Gasteiger partial charge in [-0.05, 0) is 37.6 Å². The van der Waals surface area contributed by atoms with Gasteiger partial charge in [0.25, 0.3) is 5.56 Å². The molecular weight excluding hydrogens is 376 g/mol. The van der Waals surface area contributed by atoms with Crippen LogP contribution in [0.5, 0.6) is 5.75 Å². The summed E-state index contributed by atoms with van der Waals surface area (Å²) >= 11 is 0. The predicted molar refractivity (Wildman–Crippen MR) is 109 cm³/mol. The molecule has 2 heterocycles. The molecule has 29 heavy (non-hydrogen) atoms. The zero-order chi connectivity index (χ0) is 21.3. The van der Waals surface area contributed by atoms with Crippen molar-refractivity contribution in [1.82, 2.24) is 24.0 Å². The van der Waals surface area contributed by atoms with E-state index in [9.17, 15) is 14.4 Å². The number of carbonyl (C=O) groups is 1. The molecule has 0 fully saturated rings. The second-order valence-electron chi connectivity index (χ2n) is 6.65. The number of ether oxygens (including phenoxy) is 1. The molecule has 0 atom stereocenters. The van der Waals surface area contributed by atoms with Gasteiger partial charge in [0.2, 0.25) is 5.91 Å². The molecule has 0 aliphatic rings. The summed E-state index contributed by atoms with van der Waals surface area (Å²) < 4.78 is 8.84. The Morgan fingerprint density at radius 3 is 2.62 bits per heavy atom. The van der Waals surface area contributed by atoms with E-state index >= 15 is 0 Å². The van der Waals surface area contributed by atoms with Crippen LogP contribution in [0.25, 0.3) is 11.2 Å². The van der Waals surface area contributed by atoms with Gasteiger partial charge < -0.3 is 14.6 Å². The molecule has 0 aliphatic carbocycles. The van der Waals surface area contributed by atoms with Gasteiger partial charge in [-0.3, -0.25) is 18.7 Å². The second kappa shape index (κ2) is 7.74. The first-order chi connectivity index (χ1) is 13.7. The zero-order valence-corrected chi connectivity index (χ0v) is 16.9. The molecule has 0 saturated heterocycles. The summed E-state index contributed by atoms with van der Waals surface area (Å²) in [5.41, 5.74) is 1.04. The van der Waals surface area contributed by atoms with Crippen LogP contribution in [0.3, 0.4) is 0 Å². The van der Waals surface area contributed by atoms with Crippen LogP contribution < -0.4 is 21.3 Å². The number of amidine groups is 1. The molecule has 0 saturated carbocycles. The van der Waals surface area contributed by atoms with Crippen LogP contribution >= 0.6 is 0 Å². The number of carbonyl (C=O) groups excluding carboxylic acids is 1. The van der Waals surface area contributed by atoms with Crippen LogP contribution in [0.4, 0.5) is 5.69 Å². The molecule has 0 aliphatic heterocycles. The molecule has 2 aromatic heterocycles. The van der Waals surface area contributed by atoms with Gasteiger partial charge in [-0.15, -0.1) is 0 Å². The van der Waals surface area contributed by atoms with Crippen LogP contribution in [-0.4, -0.2) is 37.5 Å².